The Labute approximate surface area is 149 Å². The monoisotopic (exact) mass is 363 g/mol. The molecule has 25 heavy (non-hydrogen) atoms. The number of nitrogens with one attached hydrogen (secondary N) is 1. The highest BCUT2D eigenvalue weighted by Crippen LogP contribution is 2.25. The van der Waals surface area contributed by atoms with Gasteiger partial charge in [0, 0.05) is 25.5 Å². The van der Waals surface area contributed by atoms with E-state index in [2.05, 4.69) is 20.3 Å². The minimum absolute atomic E-state index is 0.0375. The van der Waals surface area contributed by atoms with Crippen LogP contribution in [0.5, 0.6) is 5.75 Å². The van der Waals surface area contributed by atoms with E-state index >= 15 is 0 Å². The molecule has 1 atom stereocenters. The highest BCUT2D eigenvalue weighted by atomic mass is 32.2. The second-order valence-electron chi connectivity index (χ2n) is 6.33. The zero-order valence-corrected chi connectivity index (χ0v) is 15.5. The molecule has 1 unspecified atom stereocenters. The number of sulfonamides is 1. The first-order chi connectivity index (χ1) is 12.0. The van der Waals surface area contributed by atoms with E-state index in [1.54, 1.807) is 31.4 Å². The zero-order chi connectivity index (χ0) is 17.9. The minimum Gasteiger partial charge on any atom is -0.497 e. The molecule has 6 nitrogen and oxygen atoms in total. The Morgan fingerprint density at radius 1 is 1.16 bits per heavy atom. The second kappa shape index (κ2) is 7.59. The Kier molecular flexibility index (Phi) is 5.46. The summed E-state index contributed by atoms with van der Waals surface area (Å²) in [4.78, 5) is 2.60. The summed E-state index contributed by atoms with van der Waals surface area (Å²) >= 11 is 0. The van der Waals surface area contributed by atoms with Crippen LogP contribution in [-0.4, -0.2) is 44.6 Å². The molecule has 3 rings (SSSR count). The van der Waals surface area contributed by atoms with E-state index in [0.29, 0.717) is 12.3 Å². The quantitative estimate of drug-likeness (QED) is 0.819. The number of hydrogen-bond acceptors (Lipinski definition) is 4. The minimum atomic E-state index is -3.56. The number of hydrogen-bond donors (Lipinski definition) is 1. The summed E-state index contributed by atoms with van der Waals surface area (Å²) in [7, 11) is -0.00107. The molecule has 0 amide bonds. The van der Waals surface area contributed by atoms with Crippen LogP contribution in [0.15, 0.2) is 47.5 Å². The highest BCUT2D eigenvalue weighted by Gasteiger charge is 2.27. The molecule has 7 heteroatoms. The lowest BCUT2D eigenvalue weighted by molar-refractivity contribution is 0.238. The van der Waals surface area contributed by atoms with Crippen LogP contribution in [0.1, 0.15) is 24.6 Å². The zero-order valence-electron chi connectivity index (χ0n) is 14.7. The van der Waals surface area contributed by atoms with E-state index in [0.717, 1.165) is 31.6 Å². The van der Waals surface area contributed by atoms with Crippen molar-refractivity contribution in [3.63, 3.8) is 0 Å². The molecular formula is C18H25N3O3S. The third-order valence-electron chi connectivity index (χ3n) is 4.74. The van der Waals surface area contributed by atoms with E-state index in [-0.39, 0.29) is 10.9 Å². The Morgan fingerprint density at radius 3 is 2.40 bits per heavy atom. The standard InChI is InChI=1S/C18H25N3O3S/c1-20-11-5-6-17(20)18(21-12-3-4-13-21)14-19-25(22,23)16-9-7-15(24-2)8-10-16/h5-11,18-19H,3-4,12-14H2,1-2H3. The number of rotatable bonds is 7. The largest absolute Gasteiger partial charge is 0.497 e. The summed E-state index contributed by atoms with van der Waals surface area (Å²) in [5.41, 5.74) is 1.12. The number of ether oxygens (including phenoxy) is 1. The Balaban J connectivity index is 1.76. The molecule has 136 valence electrons. The van der Waals surface area contributed by atoms with Crippen LogP contribution >= 0.6 is 0 Å². The summed E-state index contributed by atoms with van der Waals surface area (Å²) in [5, 5.41) is 0. The van der Waals surface area contributed by atoms with Crippen molar-refractivity contribution in [2.24, 2.45) is 7.05 Å². The fourth-order valence-corrected chi connectivity index (χ4v) is 4.36. The van der Waals surface area contributed by atoms with Crippen molar-refractivity contribution in [2.45, 2.75) is 23.8 Å². The third kappa shape index (κ3) is 4.05. The van der Waals surface area contributed by atoms with Gasteiger partial charge in [0.25, 0.3) is 0 Å². The molecular weight excluding hydrogens is 338 g/mol. The van der Waals surface area contributed by atoms with E-state index in [1.165, 1.54) is 0 Å². The molecule has 0 aliphatic carbocycles. The average molecular weight is 363 g/mol. The first kappa shape index (κ1) is 18.0. The summed E-state index contributed by atoms with van der Waals surface area (Å²) in [6, 6.07) is 10.5. The van der Waals surface area contributed by atoms with Gasteiger partial charge in [-0.2, -0.15) is 0 Å². The van der Waals surface area contributed by atoms with Gasteiger partial charge in [0.15, 0.2) is 0 Å². The van der Waals surface area contributed by atoms with Crippen molar-refractivity contribution in [1.82, 2.24) is 14.2 Å². The van der Waals surface area contributed by atoms with Crippen LogP contribution < -0.4 is 9.46 Å². The Hall–Kier alpha value is -1.83. The maximum atomic E-state index is 12.6. The fourth-order valence-electron chi connectivity index (χ4n) is 3.32. The van der Waals surface area contributed by atoms with Gasteiger partial charge >= 0.3 is 0 Å². The smallest absolute Gasteiger partial charge is 0.240 e. The predicted octanol–water partition coefficient (Wildman–Crippen LogP) is 2.15. The molecule has 0 spiro atoms. The van der Waals surface area contributed by atoms with Gasteiger partial charge in [-0.1, -0.05) is 0 Å². The fraction of sp³-hybridized carbons (Fsp3) is 0.444. The third-order valence-corrected chi connectivity index (χ3v) is 6.18. The summed E-state index contributed by atoms with van der Waals surface area (Å²) < 4.78 is 35.2. The van der Waals surface area contributed by atoms with Crippen molar-refractivity contribution in [3.8, 4) is 5.75 Å². The summed E-state index contributed by atoms with van der Waals surface area (Å²) in [6.45, 7) is 2.35. The van der Waals surface area contributed by atoms with E-state index in [9.17, 15) is 8.42 Å². The topological polar surface area (TPSA) is 63.6 Å². The van der Waals surface area contributed by atoms with Crippen molar-refractivity contribution in [3.05, 3.63) is 48.3 Å². The van der Waals surface area contributed by atoms with Crippen LogP contribution in [0, 0.1) is 0 Å². The number of likely N-dealkylation sites (tertiary alicyclic amines) is 1. The molecule has 1 fully saturated rings. The molecule has 1 aliphatic heterocycles. The SMILES string of the molecule is COc1ccc(S(=O)(=O)NCC(c2cccn2C)N2CCCC2)cc1. The molecule has 1 N–H and O–H groups in total. The Morgan fingerprint density at radius 2 is 1.84 bits per heavy atom. The summed E-state index contributed by atoms with van der Waals surface area (Å²) in [5.74, 6) is 0.637. The molecule has 2 heterocycles. The van der Waals surface area contributed by atoms with Gasteiger partial charge in [0.1, 0.15) is 5.75 Å². The lowest BCUT2D eigenvalue weighted by atomic mass is 10.2. The molecule has 1 saturated heterocycles. The van der Waals surface area contributed by atoms with Crippen molar-refractivity contribution in [1.29, 1.82) is 0 Å². The lowest BCUT2D eigenvalue weighted by Gasteiger charge is -2.28. The first-order valence-electron chi connectivity index (χ1n) is 8.50. The number of aromatic nitrogens is 1. The van der Waals surface area contributed by atoms with Gasteiger partial charge < -0.3 is 9.30 Å². The molecule has 0 radical (unpaired) electrons. The van der Waals surface area contributed by atoms with Crippen molar-refractivity contribution < 1.29 is 13.2 Å². The van der Waals surface area contributed by atoms with Gasteiger partial charge in [0.2, 0.25) is 10.0 Å². The number of benzene rings is 1. The van der Waals surface area contributed by atoms with E-state index < -0.39 is 10.0 Å². The second-order valence-corrected chi connectivity index (χ2v) is 8.10. The van der Waals surface area contributed by atoms with Crippen molar-refractivity contribution in [2.75, 3.05) is 26.7 Å². The van der Waals surface area contributed by atoms with Crippen molar-refractivity contribution >= 4 is 10.0 Å². The number of aryl methyl sites for hydroxylation is 1. The summed E-state index contributed by atoms with van der Waals surface area (Å²) in [6.07, 6.45) is 4.31. The number of nitrogens with zero attached hydrogens (tertiary/aromatic N) is 2. The molecule has 0 saturated carbocycles. The lowest BCUT2D eigenvalue weighted by Crippen LogP contribution is -2.37. The van der Waals surface area contributed by atoms with Gasteiger partial charge in [-0.3, -0.25) is 4.90 Å². The van der Waals surface area contributed by atoms with Crippen LogP contribution in [0.25, 0.3) is 0 Å². The van der Waals surface area contributed by atoms with Gasteiger partial charge in [0.05, 0.1) is 18.0 Å². The predicted molar refractivity (Wildman–Crippen MR) is 97.1 cm³/mol. The maximum absolute atomic E-state index is 12.6. The number of methoxy groups -OCH3 is 1. The van der Waals surface area contributed by atoms with E-state index in [1.807, 2.05) is 19.3 Å². The highest BCUT2D eigenvalue weighted by molar-refractivity contribution is 7.89. The molecule has 1 aliphatic rings. The average Bonchev–Trinajstić information content (AvgIpc) is 3.28. The molecule has 1 aromatic heterocycles. The maximum Gasteiger partial charge on any atom is 0.240 e. The van der Waals surface area contributed by atoms with Crippen LogP contribution in [0.2, 0.25) is 0 Å². The normalized spacial score (nSPS) is 16.9. The van der Waals surface area contributed by atoms with Crippen LogP contribution in [0.4, 0.5) is 0 Å². The van der Waals surface area contributed by atoms with Gasteiger partial charge in [-0.05, 0) is 62.3 Å². The molecule has 1 aromatic carbocycles. The molecule has 2 aromatic rings. The Bertz CT molecular complexity index is 793. The van der Waals surface area contributed by atoms with Crippen LogP contribution in [-0.2, 0) is 17.1 Å². The molecule has 0 bridgehead atoms. The van der Waals surface area contributed by atoms with Crippen LogP contribution in [0.3, 0.4) is 0 Å². The van der Waals surface area contributed by atoms with Gasteiger partial charge in [-0.15, -0.1) is 0 Å². The van der Waals surface area contributed by atoms with Gasteiger partial charge in [-0.25, -0.2) is 13.1 Å². The first-order valence-corrected chi connectivity index (χ1v) is 9.98. The van der Waals surface area contributed by atoms with E-state index in [4.69, 9.17) is 4.74 Å².